The first kappa shape index (κ1) is 35.1. The van der Waals surface area contributed by atoms with Gasteiger partial charge in [0, 0.05) is 0 Å². The van der Waals surface area contributed by atoms with E-state index in [1.165, 1.54) is 0 Å². The van der Waals surface area contributed by atoms with E-state index in [2.05, 4.69) is 0 Å². The van der Waals surface area contributed by atoms with Crippen molar-refractivity contribution < 1.29 is 73.8 Å². The van der Waals surface area contributed by atoms with Crippen LogP contribution in [-0.4, -0.2) is 67.9 Å². The minimum Gasteiger partial charge on any atom is -0.379 e. The second-order valence-corrected chi connectivity index (χ2v) is 9.43. The summed E-state index contributed by atoms with van der Waals surface area (Å²) in [6, 6.07) is 0. The van der Waals surface area contributed by atoms with Gasteiger partial charge in [0.15, 0.2) is 0 Å². The Bertz CT molecular complexity index is 879. The Balaban J connectivity index is -0.000000152. The van der Waals surface area contributed by atoms with E-state index in [-0.39, 0.29) is 17.4 Å². The van der Waals surface area contributed by atoms with Crippen LogP contribution in [0.1, 0.15) is 0 Å². The third-order valence-electron chi connectivity index (χ3n) is 0.534. The van der Waals surface area contributed by atoms with Gasteiger partial charge in [-0.05, 0) is 0 Å². The first-order chi connectivity index (χ1) is 11.1. The van der Waals surface area contributed by atoms with Gasteiger partial charge in [-0.15, -0.1) is 23.3 Å². The quantitative estimate of drug-likeness (QED) is 0.213. The van der Waals surface area contributed by atoms with Crippen LogP contribution in [-0.2, 0) is 62.5 Å². The molecule has 0 saturated heterocycles. The molecule has 0 aliphatic rings. The van der Waals surface area contributed by atoms with Crippen LogP contribution >= 0.6 is 0 Å². The Hall–Kier alpha value is -0.308. The Labute approximate surface area is 165 Å². The molecule has 0 heterocycles. The predicted molar refractivity (Wildman–Crippen MR) is 76.0 cm³/mol. The molecule has 168 valence electrons. The van der Waals surface area contributed by atoms with E-state index >= 15 is 0 Å². The molecule has 0 aromatic carbocycles. The summed E-state index contributed by atoms with van der Waals surface area (Å²) in [7, 11) is -33.7. The molecule has 0 amide bonds. The molecule has 0 spiro atoms. The maximum absolute atomic E-state index is 11.1. The zero-order valence-electron chi connectivity index (χ0n) is 11.5. The fourth-order valence-corrected chi connectivity index (χ4v) is 2.87. The van der Waals surface area contributed by atoms with E-state index in [1.54, 1.807) is 0 Å². The first-order valence-corrected chi connectivity index (χ1v) is 12.1. The summed E-state index contributed by atoms with van der Waals surface area (Å²) in [6.07, 6.45) is 0. The molecule has 0 radical (unpaired) electrons. The number of hydrogen-bond donors (Lipinski definition) is 0. The monoisotopic (exact) mass is 567 g/mol. The van der Waals surface area contributed by atoms with Gasteiger partial charge in [0.1, 0.15) is 0 Å². The Morgan fingerprint density at radius 3 is 0.393 bits per heavy atom. The van der Waals surface area contributed by atoms with Crippen LogP contribution in [0.5, 0.6) is 0 Å². The minimum absolute atomic E-state index is 0. The van der Waals surface area contributed by atoms with Crippen molar-refractivity contribution in [3.8, 4) is 0 Å². The van der Waals surface area contributed by atoms with Gasteiger partial charge in [0.05, 0.1) is 0 Å². The van der Waals surface area contributed by atoms with E-state index in [0.29, 0.717) is 0 Å². The second-order valence-electron chi connectivity index (χ2n) is 2.70. The van der Waals surface area contributed by atoms with Gasteiger partial charge in [-0.2, -0.15) is 0 Å². The molecule has 28 heavy (non-hydrogen) atoms. The van der Waals surface area contributed by atoms with Gasteiger partial charge in [0.2, 0.25) is 62.5 Å². The SMILES string of the molecule is O=S(=O)(F)[N-]S(=O)(=O)F.O=S(=O)(F)[N-]S(=O)(=O)F.O=S(=O)(F)[N-]S(=O)(=O)F.[Al+3]. The summed E-state index contributed by atoms with van der Waals surface area (Å²) >= 11 is 0. The first-order valence-electron chi connectivity index (χ1n) is 4.02. The smallest absolute Gasteiger partial charge is 0.379 e. The fourth-order valence-electron chi connectivity index (χ4n) is 0.319. The Morgan fingerprint density at radius 1 is 0.321 bits per heavy atom. The Kier molecular flexibility index (Phi) is 14.8. The summed E-state index contributed by atoms with van der Waals surface area (Å²) in [4.78, 5) is 0. The van der Waals surface area contributed by atoms with Crippen LogP contribution in [0.15, 0.2) is 0 Å². The Morgan fingerprint density at radius 2 is 0.393 bits per heavy atom. The maximum atomic E-state index is 11.1. The van der Waals surface area contributed by atoms with Crippen LogP contribution in [0, 0.1) is 0 Å². The molecule has 0 N–H and O–H groups in total. The molecular formula is AlF6N3O12S6. The minimum atomic E-state index is -5.62. The summed E-state index contributed by atoms with van der Waals surface area (Å²) in [5.41, 5.74) is 0. The molecule has 15 nitrogen and oxygen atoms in total. The number of rotatable bonds is 6. The third kappa shape index (κ3) is 50.0. The molecule has 0 aliphatic carbocycles. The van der Waals surface area contributed by atoms with Crippen molar-refractivity contribution in [1.29, 1.82) is 0 Å². The summed E-state index contributed by atoms with van der Waals surface area (Å²) in [6.45, 7) is 0. The van der Waals surface area contributed by atoms with E-state index in [1.807, 2.05) is 0 Å². The van der Waals surface area contributed by atoms with Crippen molar-refractivity contribution in [2.75, 3.05) is 0 Å². The van der Waals surface area contributed by atoms with Crippen molar-refractivity contribution in [2.45, 2.75) is 0 Å². The number of hydrogen-bond acceptors (Lipinski definition) is 12. The molecule has 0 aromatic heterocycles. The molecular weight excluding hydrogens is 567 g/mol. The third-order valence-corrected chi connectivity index (χ3v) is 4.81. The normalized spacial score (nSPS) is 13.1. The summed E-state index contributed by atoms with van der Waals surface area (Å²) in [5.74, 6) is 0. The topological polar surface area (TPSA) is 247 Å². The molecule has 0 unspecified atom stereocenters. The average Bonchev–Trinajstić information content (AvgIpc) is 1.96. The fraction of sp³-hybridized carbons (Fsp3) is 0. The maximum Gasteiger partial charge on any atom is 3.00 e. The summed E-state index contributed by atoms with van der Waals surface area (Å²) < 4.78 is 180. The molecule has 28 heteroatoms. The number of nitrogens with zero attached hydrogens (tertiary/aromatic N) is 3. The second kappa shape index (κ2) is 11.8. The van der Waals surface area contributed by atoms with Crippen molar-refractivity contribution >= 4 is 79.8 Å². The van der Waals surface area contributed by atoms with Crippen molar-refractivity contribution in [3.05, 3.63) is 12.4 Å². The van der Waals surface area contributed by atoms with E-state index in [9.17, 15) is 73.8 Å². The summed E-state index contributed by atoms with van der Waals surface area (Å²) in [5, 5.41) is 0. The van der Waals surface area contributed by atoms with Crippen LogP contribution in [0.25, 0.3) is 12.4 Å². The van der Waals surface area contributed by atoms with E-state index in [4.69, 9.17) is 0 Å². The molecule has 0 saturated carbocycles. The standard InChI is InChI=1S/Al.3F2NO4S2/c;3*1-8(4,5)3-9(2,6)7/q+3;3*-1. The molecule has 0 aromatic rings. The molecule has 0 rings (SSSR count). The van der Waals surface area contributed by atoms with Crippen LogP contribution < -0.4 is 0 Å². The predicted octanol–water partition coefficient (Wildman–Crippen LogP) is -1.01. The van der Waals surface area contributed by atoms with Crippen molar-refractivity contribution in [2.24, 2.45) is 0 Å². The zero-order chi connectivity index (χ0) is 23.1. The zero-order valence-corrected chi connectivity index (χ0v) is 17.6. The van der Waals surface area contributed by atoms with E-state index < -0.39 is 62.5 Å². The molecule has 0 fully saturated rings. The molecule has 0 atom stereocenters. The average molecular weight is 567 g/mol. The van der Waals surface area contributed by atoms with Gasteiger partial charge >= 0.3 is 17.4 Å². The van der Waals surface area contributed by atoms with Gasteiger partial charge < -0.3 is 12.4 Å². The van der Waals surface area contributed by atoms with Gasteiger partial charge in [0.25, 0.3) is 0 Å². The van der Waals surface area contributed by atoms with Gasteiger partial charge in [-0.1, -0.05) is 0 Å². The van der Waals surface area contributed by atoms with E-state index in [0.717, 1.165) is 12.4 Å². The van der Waals surface area contributed by atoms with Crippen molar-refractivity contribution in [1.82, 2.24) is 0 Å². The van der Waals surface area contributed by atoms with Crippen LogP contribution in [0.2, 0.25) is 0 Å². The largest absolute Gasteiger partial charge is 3.00 e. The van der Waals surface area contributed by atoms with Gasteiger partial charge in [-0.25, -0.2) is 50.5 Å². The van der Waals surface area contributed by atoms with Crippen LogP contribution in [0.4, 0.5) is 23.3 Å². The van der Waals surface area contributed by atoms with Crippen molar-refractivity contribution in [3.63, 3.8) is 0 Å². The number of halogens is 6. The van der Waals surface area contributed by atoms with Crippen LogP contribution in [0.3, 0.4) is 0 Å². The molecule has 0 aliphatic heterocycles. The molecule has 0 bridgehead atoms. The van der Waals surface area contributed by atoms with Gasteiger partial charge in [-0.3, -0.25) is 0 Å².